The van der Waals surface area contributed by atoms with E-state index in [1.54, 1.807) is 6.08 Å². The average Bonchev–Trinajstić information content (AvgIpc) is 2.73. The first-order valence-electron chi connectivity index (χ1n) is 9.51. The van der Waals surface area contributed by atoms with Crippen LogP contribution in [0.25, 0.3) is 0 Å². The molecule has 0 amide bonds. The van der Waals surface area contributed by atoms with Crippen molar-refractivity contribution in [2.45, 2.75) is 30.2 Å². The SMILES string of the molecule is C=C/C(=C\CCC)C1C=C(OS(=O)(=O)C(F)(F)F)CN(S(=O)(=O)c2ccc([N+](=O)[O-])cc2)C1. The molecule has 0 bridgehead atoms. The van der Waals surface area contributed by atoms with Gasteiger partial charge in [-0.3, -0.25) is 10.1 Å². The summed E-state index contributed by atoms with van der Waals surface area (Å²) in [6.07, 6.45) is 5.53. The molecule has 1 aromatic rings. The third-order valence-corrected chi connectivity index (χ3v) is 7.46. The molecule has 1 atom stereocenters. The topological polar surface area (TPSA) is 124 Å². The number of hydrogen-bond donors (Lipinski definition) is 0. The van der Waals surface area contributed by atoms with E-state index < -0.39 is 48.8 Å². The fourth-order valence-electron chi connectivity index (χ4n) is 3.00. The van der Waals surface area contributed by atoms with Crippen LogP contribution in [0, 0.1) is 16.0 Å². The van der Waals surface area contributed by atoms with Crippen LogP contribution in [0.2, 0.25) is 0 Å². The molecule has 1 heterocycles. The van der Waals surface area contributed by atoms with Crippen LogP contribution in [0.4, 0.5) is 18.9 Å². The zero-order chi connectivity index (χ0) is 25.0. The normalized spacial score (nSPS) is 18.5. The van der Waals surface area contributed by atoms with E-state index in [2.05, 4.69) is 10.8 Å². The minimum absolute atomic E-state index is 0.236. The second-order valence-electron chi connectivity index (χ2n) is 6.97. The van der Waals surface area contributed by atoms with Crippen molar-refractivity contribution < 1.29 is 39.1 Å². The summed E-state index contributed by atoms with van der Waals surface area (Å²) in [5, 5.41) is 10.8. The summed E-state index contributed by atoms with van der Waals surface area (Å²) in [6.45, 7) is 4.49. The number of sulfonamides is 1. The minimum atomic E-state index is -6.03. The van der Waals surface area contributed by atoms with Crippen molar-refractivity contribution in [1.29, 1.82) is 0 Å². The van der Waals surface area contributed by atoms with Crippen LogP contribution >= 0.6 is 0 Å². The van der Waals surface area contributed by atoms with Crippen molar-refractivity contribution in [3.8, 4) is 0 Å². The molecule has 0 saturated carbocycles. The molecular formula is C19H21F3N2O7S2. The second kappa shape index (κ2) is 10.1. The molecule has 9 nitrogen and oxygen atoms in total. The van der Waals surface area contributed by atoms with Gasteiger partial charge in [-0.25, -0.2) is 8.42 Å². The van der Waals surface area contributed by atoms with Gasteiger partial charge in [-0.05, 0) is 30.2 Å². The van der Waals surface area contributed by atoms with Crippen LogP contribution in [0.3, 0.4) is 0 Å². The number of non-ortho nitro benzene ring substituents is 1. The van der Waals surface area contributed by atoms with Crippen molar-refractivity contribution in [2.75, 3.05) is 13.1 Å². The number of nitro benzene ring substituents is 1. The lowest BCUT2D eigenvalue weighted by atomic mass is 9.94. The molecule has 0 aliphatic carbocycles. The molecule has 182 valence electrons. The monoisotopic (exact) mass is 510 g/mol. The molecule has 33 heavy (non-hydrogen) atoms. The highest BCUT2D eigenvalue weighted by atomic mass is 32.2. The fourth-order valence-corrected chi connectivity index (χ4v) is 4.92. The van der Waals surface area contributed by atoms with Crippen LogP contribution in [0.1, 0.15) is 19.8 Å². The summed E-state index contributed by atoms with van der Waals surface area (Å²) >= 11 is 0. The second-order valence-corrected chi connectivity index (χ2v) is 10.4. The zero-order valence-electron chi connectivity index (χ0n) is 17.4. The Kier molecular flexibility index (Phi) is 8.09. The summed E-state index contributed by atoms with van der Waals surface area (Å²) in [6, 6.07) is 3.89. The lowest BCUT2D eigenvalue weighted by Gasteiger charge is -2.31. The Labute approximate surface area is 189 Å². The van der Waals surface area contributed by atoms with Gasteiger partial charge in [0.05, 0.1) is 16.4 Å². The molecule has 0 N–H and O–H groups in total. The van der Waals surface area contributed by atoms with Crippen molar-refractivity contribution in [1.82, 2.24) is 4.31 Å². The van der Waals surface area contributed by atoms with E-state index in [4.69, 9.17) is 0 Å². The number of rotatable bonds is 9. The van der Waals surface area contributed by atoms with E-state index >= 15 is 0 Å². The molecule has 0 radical (unpaired) electrons. The summed E-state index contributed by atoms with van der Waals surface area (Å²) in [5.74, 6) is -1.56. The maximum Gasteiger partial charge on any atom is 0.534 e. The molecule has 1 aromatic carbocycles. The van der Waals surface area contributed by atoms with Gasteiger partial charge in [0.2, 0.25) is 10.0 Å². The Morgan fingerprint density at radius 2 is 1.88 bits per heavy atom. The van der Waals surface area contributed by atoms with E-state index in [9.17, 15) is 40.1 Å². The maximum atomic E-state index is 13.1. The van der Waals surface area contributed by atoms with Crippen molar-refractivity contribution in [2.24, 2.45) is 5.92 Å². The van der Waals surface area contributed by atoms with Crippen molar-refractivity contribution in [3.05, 3.63) is 70.5 Å². The van der Waals surface area contributed by atoms with Gasteiger partial charge in [0.1, 0.15) is 5.76 Å². The van der Waals surface area contributed by atoms with Crippen LogP contribution in [-0.2, 0) is 24.3 Å². The molecule has 0 aromatic heterocycles. The highest BCUT2D eigenvalue weighted by Crippen LogP contribution is 2.32. The van der Waals surface area contributed by atoms with E-state index in [1.165, 1.54) is 6.08 Å². The number of hydrogen-bond acceptors (Lipinski definition) is 7. The minimum Gasteiger partial charge on any atom is -0.379 e. The predicted octanol–water partition coefficient (Wildman–Crippen LogP) is 3.88. The molecular weight excluding hydrogens is 489 g/mol. The first-order valence-corrected chi connectivity index (χ1v) is 12.4. The average molecular weight is 511 g/mol. The first kappa shape index (κ1) is 26.5. The number of allylic oxidation sites excluding steroid dienone is 2. The summed E-state index contributed by atoms with van der Waals surface area (Å²) in [5.41, 5.74) is -5.59. The third-order valence-electron chi connectivity index (χ3n) is 4.64. The number of nitro groups is 1. The lowest BCUT2D eigenvalue weighted by Crippen LogP contribution is -2.41. The molecule has 14 heteroatoms. The summed E-state index contributed by atoms with van der Waals surface area (Å²) in [4.78, 5) is 9.73. The standard InChI is InChI=1S/C19H21F3N2O7S2/c1-3-5-6-14(4-2)15-11-17(31-33(29,30)19(20,21)22)13-23(12-15)32(27,28)18-9-7-16(8-10-18)24(25)26/h4,6-11,15H,2-3,5,12-13H2,1H3/b14-6+. The molecule has 0 fully saturated rings. The number of benzene rings is 1. The Bertz CT molecular complexity index is 1170. The quantitative estimate of drug-likeness (QED) is 0.162. The van der Waals surface area contributed by atoms with E-state index in [0.29, 0.717) is 12.0 Å². The zero-order valence-corrected chi connectivity index (χ0v) is 19.0. The van der Waals surface area contributed by atoms with E-state index in [1.807, 2.05) is 6.92 Å². The predicted molar refractivity (Wildman–Crippen MR) is 113 cm³/mol. The highest BCUT2D eigenvalue weighted by molar-refractivity contribution is 7.89. The largest absolute Gasteiger partial charge is 0.534 e. The number of halogens is 3. The van der Waals surface area contributed by atoms with Gasteiger partial charge >= 0.3 is 15.6 Å². The van der Waals surface area contributed by atoms with Gasteiger partial charge in [-0.2, -0.15) is 25.9 Å². The molecule has 0 saturated heterocycles. The molecule has 0 spiro atoms. The van der Waals surface area contributed by atoms with Gasteiger partial charge in [0.15, 0.2) is 0 Å². The van der Waals surface area contributed by atoms with Crippen molar-refractivity contribution >= 4 is 25.8 Å². The maximum absolute atomic E-state index is 13.1. The summed E-state index contributed by atoms with van der Waals surface area (Å²) < 4.78 is 92.7. The number of alkyl halides is 3. The number of unbranched alkanes of at least 4 members (excludes halogenated alkanes) is 1. The van der Waals surface area contributed by atoms with Gasteiger partial charge in [-0.15, -0.1) is 0 Å². The van der Waals surface area contributed by atoms with Crippen molar-refractivity contribution in [3.63, 3.8) is 0 Å². The van der Waals surface area contributed by atoms with Gasteiger partial charge in [-0.1, -0.05) is 32.1 Å². The molecule has 2 rings (SSSR count). The van der Waals surface area contributed by atoms with Crippen LogP contribution < -0.4 is 0 Å². The van der Waals surface area contributed by atoms with Gasteiger partial charge in [0.25, 0.3) is 5.69 Å². The van der Waals surface area contributed by atoms with Gasteiger partial charge < -0.3 is 4.18 Å². The number of nitrogens with zero attached hydrogens (tertiary/aromatic N) is 2. The van der Waals surface area contributed by atoms with Gasteiger partial charge in [0, 0.05) is 24.6 Å². The lowest BCUT2D eigenvalue weighted by molar-refractivity contribution is -0.384. The van der Waals surface area contributed by atoms with E-state index in [-0.39, 0.29) is 17.1 Å². The van der Waals surface area contributed by atoms with E-state index in [0.717, 1.165) is 41.1 Å². The Hall–Kier alpha value is -2.71. The van der Waals surface area contributed by atoms with Crippen LogP contribution in [0.5, 0.6) is 0 Å². The molecule has 1 aliphatic heterocycles. The Morgan fingerprint density at radius 3 is 2.36 bits per heavy atom. The fraction of sp³-hybridized carbons (Fsp3) is 0.368. The highest BCUT2D eigenvalue weighted by Gasteiger charge is 2.49. The third kappa shape index (κ3) is 6.21. The van der Waals surface area contributed by atoms with Crippen LogP contribution in [0.15, 0.2) is 65.3 Å². The first-order chi connectivity index (χ1) is 15.2. The Balaban J connectivity index is 2.50. The summed E-state index contributed by atoms with van der Waals surface area (Å²) in [7, 11) is -10.4. The Morgan fingerprint density at radius 1 is 1.27 bits per heavy atom. The smallest absolute Gasteiger partial charge is 0.379 e. The van der Waals surface area contributed by atoms with Crippen LogP contribution in [-0.4, -0.2) is 44.7 Å². The molecule has 1 aliphatic rings. The molecule has 1 unspecified atom stereocenters.